The zero-order valence-corrected chi connectivity index (χ0v) is 13.9. The fourth-order valence-corrected chi connectivity index (χ4v) is 2.78. The summed E-state index contributed by atoms with van der Waals surface area (Å²) in [5.74, 6) is 0.312. The zero-order chi connectivity index (χ0) is 14.4. The summed E-state index contributed by atoms with van der Waals surface area (Å²) in [6, 6.07) is 10.5. The minimum Gasteiger partial charge on any atom is -0.340 e. The molecule has 1 N–H and O–H groups in total. The molecule has 0 saturated carbocycles. The van der Waals surface area contributed by atoms with Gasteiger partial charge in [0.25, 0.3) is 0 Å². The number of halogens is 1. The topological polar surface area (TPSA) is 32.3 Å². The van der Waals surface area contributed by atoms with Crippen molar-refractivity contribution in [3.63, 3.8) is 0 Å². The Morgan fingerprint density at radius 3 is 2.43 bits per heavy atom. The highest BCUT2D eigenvalue weighted by atomic mass is 35.5. The van der Waals surface area contributed by atoms with Crippen LogP contribution in [0.2, 0.25) is 0 Å². The number of aryl methyl sites for hydroxylation is 1. The van der Waals surface area contributed by atoms with E-state index in [-0.39, 0.29) is 17.8 Å². The summed E-state index contributed by atoms with van der Waals surface area (Å²) < 4.78 is 0. The fraction of sp³-hybridized carbons (Fsp3) is 0.588. The van der Waals surface area contributed by atoms with E-state index in [9.17, 15) is 4.79 Å². The van der Waals surface area contributed by atoms with Gasteiger partial charge in [0.1, 0.15) is 0 Å². The maximum absolute atomic E-state index is 12.6. The smallest absolute Gasteiger partial charge is 0.228 e. The van der Waals surface area contributed by atoms with E-state index >= 15 is 0 Å². The number of hydrogen-bond acceptors (Lipinski definition) is 2. The van der Waals surface area contributed by atoms with Crippen molar-refractivity contribution in [2.75, 3.05) is 26.2 Å². The van der Waals surface area contributed by atoms with Crippen molar-refractivity contribution in [1.82, 2.24) is 10.2 Å². The van der Waals surface area contributed by atoms with E-state index in [1.807, 2.05) is 11.0 Å². The molecule has 0 aromatic heterocycles. The normalized spacial score (nSPS) is 15.4. The van der Waals surface area contributed by atoms with Gasteiger partial charge in [0.2, 0.25) is 5.91 Å². The summed E-state index contributed by atoms with van der Waals surface area (Å²) in [5, 5.41) is 3.29. The summed E-state index contributed by atoms with van der Waals surface area (Å²) >= 11 is 0. The Hall–Kier alpha value is -1.06. The highest BCUT2D eigenvalue weighted by Crippen LogP contribution is 2.26. The van der Waals surface area contributed by atoms with Crippen LogP contribution in [0.25, 0.3) is 0 Å². The Bertz CT molecular complexity index is 428. The molecule has 1 fully saturated rings. The maximum atomic E-state index is 12.6. The number of nitrogens with one attached hydrogen (secondary N) is 1. The van der Waals surface area contributed by atoms with E-state index in [0.717, 1.165) is 45.4 Å². The van der Waals surface area contributed by atoms with Crippen LogP contribution >= 0.6 is 12.4 Å². The second kappa shape index (κ2) is 8.40. The van der Waals surface area contributed by atoms with E-state index in [1.165, 1.54) is 5.56 Å². The van der Waals surface area contributed by atoms with E-state index in [0.29, 0.717) is 5.91 Å². The molecule has 0 bridgehead atoms. The Morgan fingerprint density at radius 1 is 1.19 bits per heavy atom. The zero-order valence-electron chi connectivity index (χ0n) is 13.1. The summed E-state index contributed by atoms with van der Waals surface area (Å²) in [5.41, 5.74) is 1.12. The van der Waals surface area contributed by atoms with Crippen molar-refractivity contribution in [3.8, 4) is 0 Å². The standard InChI is InChI=1S/C17H26N2O.ClH/c1-17(2,16(20)19-13-11-18-12-14-19)10-6-9-15-7-4-3-5-8-15;/h3-5,7-8,18H,6,9-14H2,1-2H3;1H. The fourth-order valence-electron chi connectivity index (χ4n) is 2.78. The van der Waals surface area contributed by atoms with Crippen LogP contribution in [0.5, 0.6) is 0 Å². The molecule has 0 radical (unpaired) electrons. The highest BCUT2D eigenvalue weighted by Gasteiger charge is 2.31. The van der Waals surface area contributed by atoms with Gasteiger partial charge >= 0.3 is 0 Å². The first kappa shape index (κ1) is 18.0. The minimum absolute atomic E-state index is 0. The highest BCUT2D eigenvalue weighted by molar-refractivity contribution is 5.85. The second-order valence-corrected chi connectivity index (χ2v) is 6.27. The minimum atomic E-state index is -0.244. The predicted molar refractivity (Wildman–Crippen MR) is 89.9 cm³/mol. The first-order valence-electron chi connectivity index (χ1n) is 7.64. The van der Waals surface area contributed by atoms with E-state index in [1.54, 1.807) is 0 Å². The van der Waals surface area contributed by atoms with Gasteiger partial charge in [-0.3, -0.25) is 4.79 Å². The van der Waals surface area contributed by atoms with Gasteiger partial charge in [-0.2, -0.15) is 0 Å². The molecule has 1 amide bonds. The lowest BCUT2D eigenvalue weighted by Crippen LogP contribution is -2.50. The molecule has 0 aliphatic carbocycles. The Labute approximate surface area is 134 Å². The number of rotatable bonds is 5. The molecule has 1 aromatic rings. The monoisotopic (exact) mass is 310 g/mol. The number of carbonyl (C=O) groups is 1. The average Bonchev–Trinajstić information content (AvgIpc) is 2.48. The van der Waals surface area contributed by atoms with Gasteiger partial charge in [0, 0.05) is 31.6 Å². The van der Waals surface area contributed by atoms with Crippen molar-refractivity contribution >= 4 is 18.3 Å². The van der Waals surface area contributed by atoms with Crippen LogP contribution in [0, 0.1) is 5.41 Å². The van der Waals surface area contributed by atoms with E-state index in [2.05, 4.69) is 43.4 Å². The lowest BCUT2D eigenvalue weighted by atomic mass is 9.84. The quantitative estimate of drug-likeness (QED) is 0.907. The third-order valence-electron chi connectivity index (χ3n) is 4.09. The molecule has 1 heterocycles. The van der Waals surface area contributed by atoms with Gasteiger partial charge in [-0.1, -0.05) is 44.2 Å². The molecule has 0 atom stereocenters. The summed E-state index contributed by atoms with van der Waals surface area (Å²) in [6.45, 7) is 7.71. The number of amides is 1. The van der Waals surface area contributed by atoms with Crippen molar-refractivity contribution in [3.05, 3.63) is 35.9 Å². The lowest BCUT2D eigenvalue weighted by molar-refractivity contribution is -0.141. The average molecular weight is 311 g/mol. The third-order valence-corrected chi connectivity index (χ3v) is 4.09. The molecule has 3 nitrogen and oxygen atoms in total. The van der Waals surface area contributed by atoms with Crippen molar-refractivity contribution < 1.29 is 4.79 Å². The predicted octanol–water partition coefficient (Wildman–Crippen LogP) is 2.89. The van der Waals surface area contributed by atoms with Crippen molar-refractivity contribution in [1.29, 1.82) is 0 Å². The maximum Gasteiger partial charge on any atom is 0.228 e. The van der Waals surface area contributed by atoms with Crippen LogP contribution in [0.4, 0.5) is 0 Å². The summed E-state index contributed by atoms with van der Waals surface area (Å²) in [7, 11) is 0. The van der Waals surface area contributed by atoms with Gasteiger partial charge in [-0.25, -0.2) is 0 Å². The summed E-state index contributed by atoms with van der Waals surface area (Å²) in [4.78, 5) is 14.6. The van der Waals surface area contributed by atoms with Gasteiger partial charge in [-0.15, -0.1) is 12.4 Å². The Balaban J connectivity index is 0.00000220. The molecular formula is C17H27ClN2O. The molecule has 2 rings (SSSR count). The molecule has 1 aliphatic heterocycles. The van der Waals surface area contributed by atoms with Crippen LogP contribution in [-0.2, 0) is 11.2 Å². The van der Waals surface area contributed by atoms with Crippen LogP contribution in [0.15, 0.2) is 30.3 Å². The number of benzene rings is 1. The molecule has 118 valence electrons. The van der Waals surface area contributed by atoms with Crippen LogP contribution in [0.3, 0.4) is 0 Å². The largest absolute Gasteiger partial charge is 0.340 e. The molecule has 0 unspecified atom stereocenters. The molecule has 1 aromatic carbocycles. The number of carbonyl (C=O) groups excluding carboxylic acids is 1. The Morgan fingerprint density at radius 2 is 1.81 bits per heavy atom. The molecule has 1 aliphatic rings. The molecule has 4 heteroatoms. The lowest BCUT2D eigenvalue weighted by Gasteiger charge is -2.34. The van der Waals surface area contributed by atoms with Gasteiger partial charge in [-0.05, 0) is 24.8 Å². The van der Waals surface area contributed by atoms with Crippen LogP contribution in [0.1, 0.15) is 32.3 Å². The van der Waals surface area contributed by atoms with Gasteiger partial charge in [0.15, 0.2) is 0 Å². The molecule has 0 spiro atoms. The molecular weight excluding hydrogens is 284 g/mol. The number of nitrogens with zero attached hydrogens (tertiary/aromatic N) is 1. The number of piperazine rings is 1. The Kier molecular flexibility index (Phi) is 7.20. The van der Waals surface area contributed by atoms with E-state index < -0.39 is 0 Å². The molecule has 1 saturated heterocycles. The van der Waals surface area contributed by atoms with Crippen LogP contribution in [-0.4, -0.2) is 37.0 Å². The van der Waals surface area contributed by atoms with Gasteiger partial charge in [0.05, 0.1) is 0 Å². The number of hydrogen-bond donors (Lipinski definition) is 1. The molecule has 21 heavy (non-hydrogen) atoms. The SMILES string of the molecule is CC(C)(CCCc1ccccc1)C(=O)N1CCNCC1.Cl. The van der Waals surface area contributed by atoms with Crippen molar-refractivity contribution in [2.24, 2.45) is 5.41 Å². The second-order valence-electron chi connectivity index (χ2n) is 6.27. The third kappa shape index (κ3) is 5.33. The van der Waals surface area contributed by atoms with Crippen LogP contribution < -0.4 is 5.32 Å². The van der Waals surface area contributed by atoms with Gasteiger partial charge < -0.3 is 10.2 Å². The first-order valence-corrected chi connectivity index (χ1v) is 7.64. The van der Waals surface area contributed by atoms with Crippen molar-refractivity contribution in [2.45, 2.75) is 33.1 Å². The first-order chi connectivity index (χ1) is 9.59. The summed E-state index contributed by atoms with van der Waals surface area (Å²) in [6.07, 6.45) is 3.07. The van der Waals surface area contributed by atoms with E-state index in [4.69, 9.17) is 0 Å².